The van der Waals surface area contributed by atoms with Crippen molar-refractivity contribution < 1.29 is 4.79 Å². The summed E-state index contributed by atoms with van der Waals surface area (Å²) in [5, 5.41) is 4.29. The van der Waals surface area contributed by atoms with E-state index in [0.717, 1.165) is 25.8 Å². The van der Waals surface area contributed by atoms with Crippen molar-refractivity contribution in [3.05, 3.63) is 36.0 Å². The van der Waals surface area contributed by atoms with Crippen molar-refractivity contribution >= 4 is 16.8 Å². The van der Waals surface area contributed by atoms with Gasteiger partial charge in [0.05, 0.1) is 0 Å². The summed E-state index contributed by atoms with van der Waals surface area (Å²) >= 11 is 0. The number of para-hydroxylation sites is 1. The summed E-state index contributed by atoms with van der Waals surface area (Å²) in [6, 6.07) is 8.31. The van der Waals surface area contributed by atoms with Crippen molar-refractivity contribution in [1.82, 2.24) is 10.3 Å². The van der Waals surface area contributed by atoms with Crippen molar-refractivity contribution in [1.29, 1.82) is 0 Å². The fraction of sp³-hybridized carbons (Fsp3) is 0.500. The lowest BCUT2D eigenvalue weighted by atomic mass is 10.1. The number of carbonyl (C=O) groups is 1. The summed E-state index contributed by atoms with van der Waals surface area (Å²) in [7, 11) is 0. The minimum absolute atomic E-state index is 0.186. The van der Waals surface area contributed by atoms with Crippen molar-refractivity contribution in [3.63, 3.8) is 0 Å². The number of aryl methyl sites for hydroxylation is 1. The predicted octanol–water partition coefficient (Wildman–Crippen LogP) is 4.19. The van der Waals surface area contributed by atoms with Crippen molar-refractivity contribution in [2.75, 3.05) is 6.54 Å². The highest BCUT2D eigenvalue weighted by Crippen LogP contribution is 2.19. The highest BCUT2D eigenvalue weighted by atomic mass is 16.1. The second kappa shape index (κ2) is 8.50. The number of unbranched alkanes of at least 4 members (excludes halogenated alkanes) is 3. The van der Waals surface area contributed by atoms with E-state index < -0.39 is 0 Å². The number of carbonyl (C=O) groups excluding carboxylic acids is 1. The molecule has 2 rings (SSSR count). The summed E-state index contributed by atoms with van der Waals surface area (Å²) in [6.07, 6.45) is 9.35. The monoisotopic (exact) mass is 286 g/mol. The van der Waals surface area contributed by atoms with E-state index in [1.54, 1.807) is 0 Å². The van der Waals surface area contributed by atoms with E-state index in [0.29, 0.717) is 6.42 Å². The molecule has 21 heavy (non-hydrogen) atoms. The van der Waals surface area contributed by atoms with Gasteiger partial charge in [0.15, 0.2) is 0 Å². The maximum absolute atomic E-state index is 11.7. The summed E-state index contributed by atoms with van der Waals surface area (Å²) in [6.45, 7) is 3.02. The normalized spacial score (nSPS) is 10.9. The summed E-state index contributed by atoms with van der Waals surface area (Å²) in [5.74, 6) is 0.186. The number of benzene rings is 1. The molecule has 0 aliphatic carbocycles. The fourth-order valence-electron chi connectivity index (χ4n) is 2.65. The van der Waals surface area contributed by atoms with Crippen molar-refractivity contribution in [2.24, 2.45) is 0 Å². The third-order valence-corrected chi connectivity index (χ3v) is 3.88. The molecule has 3 heteroatoms. The Morgan fingerprint density at radius 3 is 2.86 bits per heavy atom. The largest absolute Gasteiger partial charge is 0.361 e. The van der Waals surface area contributed by atoms with Crippen LogP contribution in [-0.4, -0.2) is 17.4 Å². The van der Waals surface area contributed by atoms with Crippen LogP contribution in [0.15, 0.2) is 30.5 Å². The lowest BCUT2D eigenvalue weighted by molar-refractivity contribution is -0.121. The highest BCUT2D eigenvalue weighted by Gasteiger charge is 2.05. The fourth-order valence-corrected chi connectivity index (χ4v) is 2.65. The number of aromatic amines is 1. The van der Waals surface area contributed by atoms with Gasteiger partial charge in [-0.05, 0) is 30.9 Å². The summed E-state index contributed by atoms with van der Waals surface area (Å²) in [5.41, 5.74) is 2.48. The van der Waals surface area contributed by atoms with Gasteiger partial charge in [-0.1, -0.05) is 44.4 Å². The maximum Gasteiger partial charge on any atom is 0.220 e. The lowest BCUT2D eigenvalue weighted by Gasteiger charge is -2.04. The van der Waals surface area contributed by atoms with Crippen LogP contribution in [0, 0.1) is 0 Å². The molecule has 3 nitrogen and oxygen atoms in total. The highest BCUT2D eigenvalue weighted by molar-refractivity contribution is 5.83. The zero-order valence-corrected chi connectivity index (χ0v) is 13.0. The molecule has 1 amide bonds. The van der Waals surface area contributed by atoms with E-state index in [4.69, 9.17) is 0 Å². The molecule has 0 fully saturated rings. The number of amides is 1. The quantitative estimate of drug-likeness (QED) is 0.667. The molecular formula is C18H26N2O. The topological polar surface area (TPSA) is 44.9 Å². The van der Waals surface area contributed by atoms with Crippen LogP contribution in [0.2, 0.25) is 0 Å². The first-order valence-electron chi connectivity index (χ1n) is 8.13. The average molecular weight is 286 g/mol. The van der Waals surface area contributed by atoms with Gasteiger partial charge in [-0.15, -0.1) is 0 Å². The van der Waals surface area contributed by atoms with Crippen LogP contribution in [0.5, 0.6) is 0 Å². The van der Waals surface area contributed by atoms with Crippen molar-refractivity contribution in [3.8, 4) is 0 Å². The van der Waals surface area contributed by atoms with Gasteiger partial charge >= 0.3 is 0 Å². The molecule has 0 atom stereocenters. The van der Waals surface area contributed by atoms with Crippen LogP contribution in [0.25, 0.3) is 10.9 Å². The van der Waals surface area contributed by atoms with Gasteiger partial charge in [0.2, 0.25) is 5.91 Å². The standard InChI is InChI=1S/C18H26N2O/c1-2-3-4-7-13-19-18(21)12-8-9-15-14-20-17-11-6-5-10-16(15)17/h5-6,10-11,14,20H,2-4,7-9,12-13H2,1H3,(H,19,21). The number of hydrogen-bond donors (Lipinski definition) is 2. The van der Waals surface area contributed by atoms with E-state index in [1.165, 1.54) is 35.7 Å². The Hall–Kier alpha value is -1.77. The zero-order chi connectivity index (χ0) is 14.9. The Bertz CT molecular complexity index is 559. The molecule has 1 heterocycles. The number of nitrogens with one attached hydrogen (secondary N) is 2. The first kappa shape index (κ1) is 15.6. The first-order valence-corrected chi connectivity index (χ1v) is 8.13. The number of fused-ring (bicyclic) bond motifs is 1. The smallest absolute Gasteiger partial charge is 0.220 e. The van der Waals surface area contributed by atoms with E-state index in [2.05, 4.69) is 41.6 Å². The second-order valence-electron chi connectivity index (χ2n) is 5.62. The lowest BCUT2D eigenvalue weighted by Crippen LogP contribution is -2.24. The number of hydrogen-bond acceptors (Lipinski definition) is 1. The van der Waals surface area contributed by atoms with Crippen LogP contribution >= 0.6 is 0 Å². The molecule has 1 aromatic carbocycles. The third-order valence-electron chi connectivity index (χ3n) is 3.88. The molecule has 0 spiro atoms. The van der Waals surface area contributed by atoms with E-state index in [1.807, 2.05) is 6.07 Å². The number of aromatic nitrogens is 1. The molecule has 0 aliphatic heterocycles. The van der Waals surface area contributed by atoms with Gasteiger partial charge in [-0.3, -0.25) is 4.79 Å². The third kappa shape index (κ3) is 4.92. The van der Waals surface area contributed by atoms with Gasteiger partial charge < -0.3 is 10.3 Å². The van der Waals surface area contributed by atoms with Gasteiger partial charge in [-0.2, -0.15) is 0 Å². The molecule has 2 N–H and O–H groups in total. The average Bonchev–Trinajstić information content (AvgIpc) is 2.91. The van der Waals surface area contributed by atoms with Crippen LogP contribution in [0.4, 0.5) is 0 Å². The predicted molar refractivity (Wildman–Crippen MR) is 88.4 cm³/mol. The molecule has 0 bridgehead atoms. The van der Waals surface area contributed by atoms with Crippen LogP contribution < -0.4 is 5.32 Å². The van der Waals surface area contributed by atoms with Gasteiger partial charge in [0.25, 0.3) is 0 Å². The van der Waals surface area contributed by atoms with Crippen molar-refractivity contribution in [2.45, 2.75) is 51.9 Å². The molecule has 0 radical (unpaired) electrons. The molecule has 114 valence electrons. The van der Waals surface area contributed by atoms with E-state index >= 15 is 0 Å². The zero-order valence-electron chi connectivity index (χ0n) is 13.0. The summed E-state index contributed by atoms with van der Waals surface area (Å²) in [4.78, 5) is 15.0. The Balaban J connectivity index is 1.66. The minimum Gasteiger partial charge on any atom is -0.361 e. The molecule has 0 aliphatic rings. The first-order chi connectivity index (χ1) is 10.3. The Labute approximate surface area is 127 Å². The maximum atomic E-state index is 11.7. The molecule has 2 aromatic rings. The molecular weight excluding hydrogens is 260 g/mol. The van der Waals surface area contributed by atoms with E-state index in [9.17, 15) is 4.79 Å². The summed E-state index contributed by atoms with van der Waals surface area (Å²) < 4.78 is 0. The molecule has 0 saturated heterocycles. The van der Waals surface area contributed by atoms with Crippen LogP contribution in [0.1, 0.15) is 51.0 Å². The van der Waals surface area contributed by atoms with Gasteiger partial charge in [0, 0.05) is 30.1 Å². The number of rotatable bonds is 9. The van der Waals surface area contributed by atoms with Gasteiger partial charge in [0.1, 0.15) is 0 Å². The minimum atomic E-state index is 0.186. The van der Waals surface area contributed by atoms with Crippen LogP contribution in [-0.2, 0) is 11.2 Å². The Kier molecular flexibility index (Phi) is 6.32. The van der Waals surface area contributed by atoms with Crippen LogP contribution in [0.3, 0.4) is 0 Å². The molecule has 1 aromatic heterocycles. The molecule has 0 unspecified atom stereocenters. The Morgan fingerprint density at radius 1 is 1.14 bits per heavy atom. The Morgan fingerprint density at radius 2 is 2.00 bits per heavy atom. The van der Waals surface area contributed by atoms with E-state index in [-0.39, 0.29) is 5.91 Å². The second-order valence-corrected chi connectivity index (χ2v) is 5.62. The number of H-pyrrole nitrogens is 1. The van der Waals surface area contributed by atoms with Gasteiger partial charge in [-0.25, -0.2) is 0 Å². The molecule has 0 saturated carbocycles. The SMILES string of the molecule is CCCCCCNC(=O)CCCc1c[nH]c2ccccc12.